The molecule has 1 aliphatic rings. The molecule has 0 spiro atoms. The summed E-state index contributed by atoms with van der Waals surface area (Å²) in [7, 11) is 1.61. The van der Waals surface area contributed by atoms with Gasteiger partial charge in [0.1, 0.15) is 5.60 Å². The van der Waals surface area contributed by atoms with E-state index in [-0.39, 0.29) is 24.4 Å². The highest BCUT2D eigenvalue weighted by Crippen LogP contribution is 2.25. The highest BCUT2D eigenvalue weighted by Gasteiger charge is 2.40. The monoisotopic (exact) mass is 332 g/mol. The number of benzene rings is 1. The van der Waals surface area contributed by atoms with E-state index < -0.39 is 5.60 Å². The van der Waals surface area contributed by atoms with Crippen LogP contribution < -0.4 is 10.6 Å². The number of ether oxygens (including phenoxy) is 1. The number of hydrogen-bond acceptors (Lipinski definition) is 3. The molecule has 1 aliphatic heterocycles. The van der Waals surface area contributed by atoms with Crippen LogP contribution in [0.4, 0.5) is 0 Å². The molecule has 0 bridgehead atoms. The molecule has 1 amide bonds. The summed E-state index contributed by atoms with van der Waals surface area (Å²) >= 11 is 5.98. The molecule has 4 nitrogen and oxygen atoms in total. The van der Waals surface area contributed by atoms with Crippen LogP contribution in [0.2, 0.25) is 5.02 Å². The molecule has 1 saturated heterocycles. The molecule has 0 aliphatic carbocycles. The first-order valence-corrected chi connectivity index (χ1v) is 7.27. The Morgan fingerprint density at radius 1 is 1.43 bits per heavy atom. The van der Waals surface area contributed by atoms with E-state index in [4.69, 9.17) is 16.3 Å². The third kappa shape index (κ3) is 4.33. The zero-order valence-electron chi connectivity index (χ0n) is 12.3. The van der Waals surface area contributed by atoms with E-state index in [1.807, 2.05) is 31.2 Å². The largest absolute Gasteiger partial charge is 0.368 e. The van der Waals surface area contributed by atoms with Crippen molar-refractivity contribution >= 4 is 29.9 Å². The molecule has 21 heavy (non-hydrogen) atoms. The van der Waals surface area contributed by atoms with Crippen molar-refractivity contribution in [2.75, 3.05) is 20.2 Å². The normalized spacial score (nSPS) is 18.4. The second kappa shape index (κ2) is 7.99. The molecular formula is C15H22Cl2N2O2. The van der Waals surface area contributed by atoms with E-state index in [0.717, 1.165) is 18.7 Å². The van der Waals surface area contributed by atoms with Gasteiger partial charge in [-0.05, 0) is 50.6 Å². The van der Waals surface area contributed by atoms with E-state index in [1.165, 1.54) is 0 Å². The van der Waals surface area contributed by atoms with Gasteiger partial charge in [0, 0.05) is 12.1 Å². The molecule has 0 aromatic heterocycles. The molecule has 1 aromatic carbocycles. The van der Waals surface area contributed by atoms with Gasteiger partial charge in [-0.25, -0.2) is 0 Å². The van der Waals surface area contributed by atoms with Gasteiger partial charge >= 0.3 is 0 Å². The summed E-state index contributed by atoms with van der Waals surface area (Å²) in [4.78, 5) is 12.5. The van der Waals surface area contributed by atoms with E-state index in [1.54, 1.807) is 7.11 Å². The van der Waals surface area contributed by atoms with Gasteiger partial charge in [0.25, 0.3) is 5.91 Å². The number of carbonyl (C=O) groups excluding carboxylic acids is 1. The van der Waals surface area contributed by atoms with Crippen LogP contribution in [0.3, 0.4) is 0 Å². The summed E-state index contributed by atoms with van der Waals surface area (Å²) in [6.07, 6.45) is 1.38. The molecule has 0 unspecified atom stereocenters. The second-order valence-electron chi connectivity index (χ2n) is 5.20. The maximum absolute atomic E-state index is 12.5. The lowest BCUT2D eigenvalue weighted by atomic mass is 9.90. The van der Waals surface area contributed by atoms with E-state index >= 15 is 0 Å². The van der Waals surface area contributed by atoms with Crippen molar-refractivity contribution in [1.29, 1.82) is 0 Å². The zero-order valence-corrected chi connectivity index (χ0v) is 13.9. The van der Waals surface area contributed by atoms with Crippen LogP contribution >= 0.6 is 24.0 Å². The Morgan fingerprint density at radius 2 is 2.10 bits per heavy atom. The topological polar surface area (TPSA) is 50.4 Å². The fourth-order valence-corrected chi connectivity index (χ4v) is 2.74. The molecule has 0 saturated carbocycles. The number of rotatable bonds is 4. The van der Waals surface area contributed by atoms with Crippen LogP contribution in [0.25, 0.3) is 0 Å². The maximum atomic E-state index is 12.5. The number of amides is 1. The van der Waals surface area contributed by atoms with E-state index in [9.17, 15) is 4.79 Å². The van der Waals surface area contributed by atoms with Gasteiger partial charge in [-0.3, -0.25) is 4.79 Å². The number of carbonyl (C=O) groups is 1. The fraction of sp³-hybridized carbons (Fsp3) is 0.533. The molecule has 1 aromatic rings. The summed E-state index contributed by atoms with van der Waals surface area (Å²) in [5.41, 5.74) is 0.281. The SMILES string of the molecule is COC1(C(=O)N[C@H](C)c2cccc(Cl)c2)CCNCC1.Cl. The summed E-state index contributed by atoms with van der Waals surface area (Å²) in [6, 6.07) is 7.44. The van der Waals surface area contributed by atoms with Crippen molar-refractivity contribution in [2.45, 2.75) is 31.4 Å². The second-order valence-corrected chi connectivity index (χ2v) is 5.64. The van der Waals surface area contributed by atoms with Crippen LogP contribution in [-0.2, 0) is 9.53 Å². The molecule has 1 heterocycles. The third-order valence-electron chi connectivity index (χ3n) is 3.91. The van der Waals surface area contributed by atoms with Crippen molar-refractivity contribution in [3.8, 4) is 0 Å². The Kier molecular flexibility index (Phi) is 6.94. The minimum Gasteiger partial charge on any atom is -0.368 e. The standard InChI is InChI=1S/C15H21ClN2O2.ClH/c1-11(12-4-3-5-13(16)10-12)18-14(19)15(20-2)6-8-17-9-7-15;/h3-5,10-11,17H,6-9H2,1-2H3,(H,18,19);1H/t11-;/m1./s1. The average molecular weight is 333 g/mol. The zero-order chi connectivity index (χ0) is 14.6. The maximum Gasteiger partial charge on any atom is 0.252 e. The first-order chi connectivity index (χ1) is 9.57. The Hall–Kier alpha value is -0.810. The Morgan fingerprint density at radius 3 is 2.67 bits per heavy atom. The van der Waals surface area contributed by atoms with Gasteiger partial charge < -0.3 is 15.4 Å². The fourth-order valence-electron chi connectivity index (χ4n) is 2.54. The van der Waals surface area contributed by atoms with Gasteiger partial charge in [0.15, 0.2) is 0 Å². The molecule has 2 rings (SSSR count). The van der Waals surface area contributed by atoms with Gasteiger partial charge in [-0.15, -0.1) is 12.4 Å². The minimum absolute atomic E-state index is 0. The van der Waals surface area contributed by atoms with Crippen LogP contribution in [0, 0.1) is 0 Å². The van der Waals surface area contributed by atoms with Gasteiger partial charge in [-0.1, -0.05) is 23.7 Å². The van der Waals surface area contributed by atoms with Crippen LogP contribution in [0.5, 0.6) is 0 Å². The van der Waals surface area contributed by atoms with E-state index in [0.29, 0.717) is 17.9 Å². The van der Waals surface area contributed by atoms with Crippen molar-refractivity contribution < 1.29 is 9.53 Å². The number of nitrogens with one attached hydrogen (secondary N) is 2. The number of methoxy groups -OCH3 is 1. The van der Waals surface area contributed by atoms with Gasteiger partial charge in [0.2, 0.25) is 0 Å². The smallest absolute Gasteiger partial charge is 0.252 e. The first-order valence-electron chi connectivity index (χ1n) is 6.90. The minimum atomic E-state index is -0.710. The van der Waals surface area contributed by atoms with Crippen molar-refractivity contribution in [2.24, 2.45) is 0 Å². The van der Waals surface area contributed by atoms with Crippen LogP contribution in [0.15, 0.2) is 24.3 Å². The number of hydrogen-bond donors (Lipinski definition) is 2. The third-order valence-corrected chi connectivity index (χ3v) is 4.15. The van der Waals surface area contributed by atoms with E-state index in [2.05, 4.69) is 10.6 Å². The van der Waals surface area contributed by atoms with Crippen molar-refractivity contribution in [3.05, 3.63) is 34.9 Å². The summed E-state index contributed by atoms with van der Waals surface area (Å²) in [5.74, 6) is -0.0472. The summed E-state index contributed by atoms with van der Waals surface area (Å²) in [5, 5.41) is 6.95. The highest BCUT2D eigenvalue weighted by atomic mass is 35.5. The first kappa shape index (κ1) is 18.2. The lowest BCUT2D eigenvalue weighted by Gasteiger charge is -2.35. The average Bonchev–Trinajstić information content (AvgIpc) is 2.47. The van der Waals surface area contributed by atoms with Gasteiger partial charge in [0.05, 0.1) is 6.04 Å². The Labute approximate surface area is 137 Å². The molecule has 2 N–H and O–H groups in total. The highest BCUT2D eigenvalue weighted by molar-refractivity contribution is 6.30. The van der Waals surface area contributed by atoms with Gasteiger partial charge in [-0.2, -0.15) is 0 Å². The van der Waals surface area contributed by atoms with Crippen LogP contribution in [0.1, 0.15) is 31.4 Å². The predicted octanol–water partition coefficient (Wildman–Crippen LogP) is 2.71. The number of halogens is 2. The molecular weight excluding hydrogens is 311 g/mol. The molecule has 1 atom stereocenters. The summed E-state index contributed by atoms with van der Waals surface area (Å²) in [6.45, 7) is 3.55. The quantitative estimate of drug-likeness (QED) is 0.891. The number of piperidine rings is 1. The van der Waals surface area contributed by atoms with Crippen LogP contribution in [-0.4, -0.2) is 31.7 Å². The molecule has 0 radical (unpaired) electrons. The lowest BCUT2D eigenvalue weighted by molar-refractivity contribution is -0.147. The molecule has 6 heteroatoms. The van der Waals surface area contributed by atoms with Crippen molar-refractivity contribution in [3.63, 3.8) is 0 Å². The lowest BCUT2D eigenvalue weighted by Crippen LogP contribution is -2.54. The molecule has 1 fully saturated rings. The summed E-state index contributed by atoms with van der Waals surface area (Å²) < 4.78 is 5.52. The Bertz CT molecular complexity index is 476. The predicted molar refractivity (Wildman–Crippen MR) is 87.1 cm³/mol. The Balaban J connectivity index is 0.00000220. The molecule has 118 valence electrons. The van der Waals surface area contributed by atoms with Crippen molar-refractivity contribution in [1.82, 2.24) is 10.6 Å².